The van der Waals surface area contributed by atoms with Gasteiger partial charge < -0.3 is 9.15 Å². The third-order valence-corrected chi connectivity index (χ3v) is 5.91. The quantitative estimate of drug-likeness (QED) is 0.439. The highest BCUT2D eigenvalue weighted by Crippen LogP contribution is 2.34. The number of aromatic nitrogens is 1. The van der Waals surface area contributed by atoms with E-state index >= 15 is 0 Å². The van der Waals surface area contributed by atoms with Gasteiger partial charge in [0.1, 0.15) is 11.4 Å². The lowest BCUT2D eigenvalue weighted by atomic mass is 10.1. The number of nitrogens with zero attached hydrogens (tertiary/aromatic N) is 1. The number of sulfone groups is 1. The number of hydrogen-bond acceptors (Lipinski definition) is 5. The van der Waals surface area contributed by atoms with Crippen molar-refractivity contribution >= 4 is 9.84 Å². The highest BCUT2D eigenvalue weighted by Gasteiger charge is 2.18. The molecule has 0 unspecified atom stereocenters. The van der Waals surface area contributed by atoms with Gasteiger partial charge in [-0.3, -0.25) is 0 Å². The molecule has 1 heterocycles. The number of oxazole rings is 1. The van der Waals surface area contributed by atoms with E-state index in [4.69, 9.17) is 14.1 Å². The molecule has 30 heavy (non-hydrogen) atoms. The molecule has 0 bridgehead atoms. The molecule has 0 aliphatic carbocycles. The summed E-state index contributed by atoms with van der Waals surface area (Å²) in [7, 11) is -1.64. The molecule has 0 saturated carbocycles. The van der Waals surface area contributed by atoms with E-state index in [1.807, 2.05) is 54.6 Å². The van der Waals surface area contributed by atoms with E-state index in [1.165, 1.54) is 6.26 Å². The molecule has 3 aromatic carbocycles. The van der Waals surface area contributed by atoms with Crippen LogP contribution in [0.2, 0.25) is 0 Å². The van der Waals surface area contributed by atoms with Gasteiger partial charge >= 0.3 is 0 Å². The second-order valence-corrected chi connectivity index (χ2v) is 8.99. The number of ether oxygens (including phenoxy) is 1. The van der Waals surface area contributed by atoms with Crippen LogP contribution in [0, 0.1) is 0 Å². The zero-order valence-corrected chi connectivity index (χ0v) is 17.5. The molecular weight excluding hydrogens is 398 g/mol. The van der Waals surface area contributed by atoms with E-state index in [2.05, 4.69) is 0 Å². The summed E-state index contributed by atoms with van der Waals surface area (Å²) in [5.74, 6) is 1.95. The van der Waals surface area contributed by atoms with Crippen LogP contribution in [0.15, 0.2) is 88.2 Å². The Morgan fingerprint density at radius 3 is 2.10 bits per heavy atom. The summed E-state index contributed by atoms with van der Waals surface area (Å²) in [4.78, 5) is 5.02. The van der Waals surface area contributed by atoms with Gasteiger partial charge in [0.2, 0.25) is 0 Å². The smallest absolute Gasteiger partial charge is 0.199 e. The van der Waals surface area contributed by atoms with Gasteiger partial charge in [0.25, 0.3) is 0 Å². The van der Waals surface area contributed by atoms with Gasteiger partial charge in [-0.15, -0.1) is 0 Å². The Balaban J connectivity index is 1.78. The third kappa shape index (κ3) is 4.28. The van der Waals surface area contributed by atoms with E-state index in [0.717, 1.165) is 22.4 Å². The Morgan fingerprint density at radius 2 is 1.50 bits per heavy atom. The molecule has 0 radical (unpaired) electrons. The van der Waals surface area contributed by atoms with Gasteiger partial charge in [0, 0.05) is 23.8 Å². The lowest BCUT2D eigenvalue weighted by molar-refractivity contribution is 0.415. The van der Waals surface area contributed by atoms with Crippen LogP contribution in [0.5, 0.6) is 5.75 Å². The van der Waals surface area contributed by atoms with E-state index in [-0.39, 0.29) is 4.90 Å². The van der Waals surface area contributed by atoms with Crippen molar-refractivity contribution in [1.82, 2.24) is 4.98 Å². The van der Waals surface area contributed by atoms with Crippen molar-refractivity contribution in [2.45, 2.75) is 11.3 Å². The van der Waals surface area contributed by atoms with Crippen LogP contribution in [0.1, 0.15) is 11.5 Å². The van der Waals surface area contributed by atoms with Gasteiger partial charge in [-0.1, -0.05) is 30.3 Å². The van der Waals surface area contributed by atoms with Gasteiger partial charge in [-0.05, 0) is 54.1 Å². The van der Waals surface area contributed by atoms with Crippen LogP contribution >= 0.6 is 0 Å². The molecule has 0 aliphatic rings. The van der Waals surface area contributed by atoms with Crippen LogP contribution in [0.25, 0.3) is 22.6 Å². The summed E-state index contributed by atoms with van der Waals surface area (Å²) in [6, 6.07) is 24.2. The van der Waals surface area contributed by atoms with Crippen LogP contribution in [0.3, 0.4) is 0 Å². The molecule has 5 nitrogen and oxygen atoms in total. The minimum absolute atomic E-state index is 0.265. The van der Waals surface area contributed by atoms with E-state index in [9.17, 15) is 8.42 Å². The van der Waals surface area contributed by atoms with Crippen molar-refractivity contribution in [2.75, 3.05) is 13.4 Å². The lowest BCUT2D eigenvalue weighted by Gasteiger charge is -2.04. The number of benzene rings is 3. The van der Waals surface area contributed by atoms with Gasteiger partial charge in [-0.2, -0.15) is 0 Å². The summed E-state index contributed by atoms with van der Waals surface area (Å²) in [5.41, 5.74) is 3.45. The summed E-state index contributed by atoms with van der Waals surface area (Å²) in [6.07, 6.45) is 1.75. The highest BCUT2D eigenvalue weighted by molar-refractivity contribution is 7.90. The SMILES string of the molecule is COc1ccc(-c2nc(Cc3ccccc3)oc2-c2ccc(S(C)(=O)=O)cc2)cc1. The maximum atomic E-state index is 11.8. The van der Waals surface area contributed by atoms with Gasteiger partial charge in [0.15, 0.2) is 21.5 Å². The largest absolute Gasteiger partial charge is 0.497 e. The monoisotopic (exact) mass is 419 g/mol. The minimum atomic E-state index is -3.27. The minimum Gasteiger partial charge on any atom is -0.497 e. The second-order valence-electron chi connectivity index (χ2n) is 6.97. The van der Waals surface area contributed by atoms with Gasteiger partial charge in [-0.25, -0.2) is 13.4 Å². The number of methoxy groups -OCH3 is 1. The molecule has 152 valence electrons. The highest BCUT2D eigenvalue weighted by atomic mass is 32.2. The molecule has 0 fully saturated rings. The van der Waals surface area contributed by atoms with Crippen LogP contribution < -0.4 is 4.74 Å². The van der Waals surface area contributed by atoms with E-state index < -0.39 is 9.84 Å². The van der Waals surface area contributed by atoms with Crippen molar-refractivity contribution in [2.24, 2.45) is 0 Å². The lowest BCUT2D eigenvalue weighted by Crippen LogP contribution is -1.96. The predicted molar refractivity (Wildman–Crippen MR) is 116 cm³/mol. The zero-order chi connectivity index (χ0) is 21.1. The zero-order valence-electron chi connectivity index (χ0n) is 16.7. The van der Waals surface area contributed by atoms with Crippen LogP contribution in [0.4, 0.5) is 0 Å². The summed E-state index contributed by atoms with van der Waals surface area (Å²) in [6.45, 7) is 0. The Hall–Kier alpha value is -3.38. The molecular formula is C24H21NO4S. The molecule has 4 aromatic rings. The Morgan fingerprint density at radius 1 is 0.867 bits per heavy atom. The first kappa shape index (κ1) is 19.9. The fraction of sp³-hybridized carbons (Fsp3) is 0.125. The van der Waals surface area contributed by atoms with Crippen molar-refractivity contribution in [3.05, 3.63) is 90.3 Å². The van der Waals surface area contributed by atoms with Crippen LogP contribution in [-0.4, -0.2) is 26.8 Å². The average molecular weight is 420 g/mol. The molecule has 0 N–H and O–H groups in total. The summed E-state index contributed by atoms with van der Waals surface area (Å²) in [5, 5.41) is 0. The first-order valence-electron chi connectivity index (χ1n) is 9.42. The molecule has 0 amide bonds. The molecule has 1 aromatic heterocycles. The maximum Gasteiger partial charge on any atom is 0.199 e. The standard InChI is InChI=1S/C24H21NO4S/c1-28-20-12-8-18(9-13-20)23-24(19-10-14-21(15-11-19)30(2,26)27)29-22(25-23)16-17-6-4-3-5-7-17/h3-15H,16H2,1-2H3. The summed E-state index contributed by atoms with van der Waals surface area (Å²) >= 11 is 0. The fourth-order valence-corrected chi connectivity index (χ4v) is 3.83. The van der Waals surface area contributed by atoms with Crippen molar-refractivity contribution in [3.8, 4) is 28.3 Å². The second kappa shape index (κ2) is 8.16. The molecule has 0 atom stereocenters. The third-order valence-electron chi connectivity index (χ3n) is 4.78. The summed E-state index contributed by atoms with van der Waals surface area (Å²) < 4.78 is 35.0. The average Bonchev–Trinajstić information content (AvgIpc) is 3.18. The predicted octanol–water partition coefficient (Wildman–Crippen LogP) is 5.01. The van der Waals surface area contributed by atoms with E-state index in [0.29, 0.717) is 23.8 Å². The Kier molecular flexibility index (Phi) is 5.42. The van der Waals surface area contributed by atoms with Crippen molar-refractivity contribution in [3.63, 3.8) is 0 Å². The number of rotatable bonds is 6. The normalized spacial score (nSPS) is 11.4. The van der Waals surface area contributed by atoms with Crippen molar-refractivity contribution < 1.29 is 17.6 Å². The Labute approximate surface area is 175 Å². The molecule has 4 rings (SSSR count). The molecule has 0 saturated heterocycles. The van der Waals surface area contributed by atoms with Crippen molar-refractivity contribution in [1.29, 1.82) is 0 Å². The Bertz CT molecular complexity index is 1240. The number of hydrogen-bond donors (Lipinski definition) is 0. The first-order chi connectivity index (χ1) is 14.4. The fourth-order valence-electron chi connectivity index (χ4n) is 3.20. The van der Waals surface area contributed by atoms with Gasteiger partial charge in [0.05, 0.1) is 12.0 Å². The first-order valence-corrected chi connectivity index (χ1v) is 11.3. The van der Waals surface area contributed by atoms with E-state index in [1.54, 1.807) is 31.4 Å². The molecule has 0 aliphatic heterocycles. The van der Waals surface area contributed by atoms with Crippen LogP contribution in [-0.2, 0) is 16.3 Å². The molecule has 6 heteroatoms. The maximum absolute atomic E-state index is 11.8. The topological polar surface area (TPSA) is 69.4 Å². The molecule has 0 spiro atoms.